The maximum absolute atomic E-state index is 13.2. The molecule has 25 heavy (non-hydrogen) atoms. The van der Waals surface area contributed by atoms with E-state index >= 15 is 0 Å². The van der Waals surface area contributed by atoms with Crippen molar-refractivity contribution >= 4 is 11.6 Å². The normalized spacial score (nSPS) is 16.1. The van der Waals surface area contributed by atoms with Gasteiger partial charge >= 0.3 is 0 Å². The van der Waals surface area contributed by atoms with Gasteiger partial charge in [-0.05, 0) is 56.2 Å². The molecule has 0 aliphatic carbocycles. The van der Waals surface area contributed by atoms with E-state index in [4.69, 9.17) is 0 Å². The minimum atomic E-state index is -0.299. The van der Waals surface area contributed by atoms with Gasteiger partial charge in [-0.15, -0.1) is 0 Å². The monoisotopic (exact) mass is 335 g/mol. The summed E-state index contributed by atoms with van der Waals surface area (Å²) in [5.74, 6) is -0.351. The summed E-state index contributed by atoms with van der Waals surface area (Å²) in [6, 6.07) is 14.2. The number of nitrogens with zero attached hydrogens (tertiary/aromatic N) is 3. The summed E-state index contributed by atoms with van der Waals surface area (Å²) < 4.78 is 14.8. The van der Waals surface area contributed by atoms with Crippen LogP contribution >= 0.6 is 0 Å². The van der Waals surface area contributed by atoms with Crippen LogP contribution in [0.3, 0.4) is 0 Å². The Hall–Kier alpha value is -2.95. The van der Waals surface area contributed by atoms with Crippen LogP contribution in [0.15, 0.2) is 54.7 Å². The average Bonchev–Trinajstić information content (AvgIpc) is 3.14. The molecule has 4 rings (SSSR count). The van der Waals surface area contributed by atoms with E-state index in [1.807, 2.05) is 30.0 Å². The predicted octanol–water partition coefficient (Wildman–Crippen LogP) is 3.91. The third kappa shape index (κ3) is 2.52. The number of amides is 1. The van der Waals surface area contributed by atoms with Gasteiger partial charge in [-0.1, -0.05) is 18.2 Å². The van der Waals surface area contributed by atoms with E-state index in [0.717, 1.165) is 23.5 Å². The smallest absolute Gasteiger partial charge is 0.262 e. The van der Waals surface area contributed by atoms with E-state index in [9.17, 15) is 9.18 Å². The molecule has 0 N–H and O–H groups in total. The van der Waals surface area contributed by atoms with Crippen molar-refractivity contribution in [2.24, 2.45) is 0 Å². The molecule has 1 aromatic heterocycles. The predicted molar refractivity (Wildman–Crippen MR) is 94.7 cm³/mol. The molecule has 1 aliphatic rings. The molecule has 0 radical (unpaired) electrons. The van der Waals surface area contributed by atoms with Gasteiger partial charge in [0.1, 0.15) is 5.82 Å². The summed E-state index contributed by atoms with van der Waals surface area (Å²) in [6.45, 7) is 3.91. The summed E-state index contributed by atoms with van der Waals surface area (Å²) in [4.78, 5) is 15.0. The summed E-state index contributed by atoms with van der Waals surface area (Å²) in [5, 5.41) is 4.34. The third-order valence-corrected chi connectivity index (χ3v) is 4.74. The molecule has 5 heteroatoms. The fraction of sp³-hybridized carbons (Fsp3) is 0.200. The summed E-state index contributed by atoms with van der Waals surface area (Å²) in [7, 11) is 0. The van der Waals surface area contributed by atoms with Gasteiger partial charge in [0.05, 0.1) is 23.1 Å². The highest BCUT2D eigenvalue weighted by Crippen LogP contribution is 2.33. The van der Waals surface area contributed by atoms with Crippen LogP contribution in [0.25, 0.3) is 5.69 Å². The van der Waals surface area contributed by atoms with Crippen LogP contribution < -0.4 is 4.90 Å². The first-order valence-corrected chi connectivity index (χ1v) is 8.28. The number of benzene rings is 2. The van der Waals surface area contributed by atoms with Crippen molar-refractivity contribution in [1.82, 2.24) is 9.78 Å². The van der Waals surface area contributed by atoms with Crippen LogP contribution in [-0.4, -0.2) is 21.7 Å². The number of rotatable bonds is 2. The Kier molecular flexibility index (Phi) is 3.64. The Balaban J connectivity index is 1.71. The lowest BCUT2D eigenvalue weighted by Crippen LogP contribution is -2.36. The summed E-state index contributed by atoms with van der Waals surface area (Å²) in [6.07, 6.45) is 2.45. The molecule has 0 saturated carbocycles. The van der Waals surface area contributed by atoms with Gasteiger partial charge in [-0.3, -0.25) is 4.79 Å². The van der Waals surface area contributed by atoms with Crippen molar-refractivity contribution in [3.05, 3.63) is 77.4 Å². The number of carbonyl (C=O) groups is 1. The number of hydrogen-bond acceptors (Lipinski definition) is 2. The molecule has 3 aromatic rings. The first-order chi connectivity index (χ1) is 12.1. The minimum absolute atomic E-state index is 0.0525. The zero-order chi connectivity index (χ0) is 17.6. The number of para-hydroxylation sites is 1. The van der Waals surface area contributed by atoms with Gasteiger partial charge in [0.2, 0.25) is 0 Å². The highest BCUT2D eigenvalue weighted by molar-refractivity contribution is 6.08. The van der Waals surface area contributed by atoms with E-state index in [0.29, 0.717) is 5.56 Å². The lowest BCUT2D eigenvalue weighted by Gasteiger charge is -2.22. The second kappa shape index (κ2) is 5.84. The minimum Gasteiger partial charge on any atom is -0.305 e. The van der Waals surface area contributed by atoms with Crippen LogP contribution in [0, 0.1) is 12.7 Å². The molecule has 1 atom stereocenters. The Labute approximate surface area is 145 Å². The number of anilines is 1. The average molecular weight is 335 g/mol. The molecule has 0 spiro atoms. The molecule has 2 heterocycles. The molecule has 0 bridgehead atoms. The standard InChI is InChI=1S/C20H18FN3O/c1-13-11-15-5-3-4-6-19(15)23(13)20(25)18-12-22-24(14(18)2)17-9-7-16(21)8-10-17/h3-10,12-13H,11H2,1-2H3. The number of halogens is 1. The van der Waals surface area contributed by atoms with E-state index in [2.05, 4.69) is 18.1 Å². The van der Waals surface area contributed by atoms with Gasteiger partial charge in [-0.25, -0.2) is 9.07 Å². The van der Waals surface area contributed by atoms with Crippen molar-refractivity contribution in [3.63, 3.8) is 0 Å². The Bertz CT molecular complexity index is 946. The van der Waals surface area contributed by atoms with Crippen molar-refractivity contribution in [1.29, 1.82) is 0 Å². The molecule has 0 fully saturated rings. The number of aromatic nitrogens is 2. The van der Waals surface area contributed by atoms with E-state index in [1.165, 1.54) is 17.7 Å². The van der Waals surface area contributed by atoms with Crippen LogP contribution in [0.1, 0.15) is 28.5 Å². The maximum Gasteiger partial charge on any atom is 0.262 e. The lowest BCUT2D eigenvalue weighted by molar-refractivity contribution is 0.0981. The molecule has 126 valence electrons. The summed E-state index contributed by atoms with van der Waals surface area (Å²) >= 11 is 0. The second-order valence-electron chi connectivity index (χ2n) is 6.39. The highest BCUT2D eigenvalue weighted by Gasteiger charge is 2.32. The van der Waals surface area contributed by atoms with E-state index in [-0.39, 0.29) is 17.8 Å². The van der Waals surface area contributed by atoms with Crippen LogP contribution in [0.2, 0.25) is 0 Å². The molecule has 4 nitrogen and oxygen atoms in total. The van der Waals surface area contributed by atoms with Crippen molar-refractivity contribution in [2.75, 3.05) is 4.90 Å². The van der Waals surface area contributed by atoms with Crippen molar-refractivity contribution in [3.8, 4) is 5.69 Å². The SMILES string of the molecule is Cc1c(C(=O)N2c3ccccc3CC2C)cnn1-c1ccc(F)cc1. The number of carbonyl (C=O) groups excluding carboxylic acids is 1. The second-order valence-corrected chi connectivity index (χ2v) is 6.39. The number of hydrogen-bond donors (Lipinski definition) is 0. The number of fused-ring (bicyclic) bond motifs is 1. The van der Waals surface area contributed by atoms with Crippen LogP contribution in [0.5, 0.6) is 0 Å². The Morgan fingerprint density at radius 3 is 2.64 bits per heavy atom. The van der Waals surface area contributed by atoms with Crippen LogP contribution in [-0.2, 0) is 6.42 Å². The fourth-order valence-corrected chi connectivity index (χ4v) is 3.47. The van der Waals surface area contributed by atoms with E-state index in [1.54, 1.807) is 23.0 Å². The van der Waals surface area contributed by atoms with Gasteiger partial charge in [0.15, 0.2) is 0 Å². The molecule has 2 aromatic carbocycles. The maximum atomic E-state index is 13.2. The Morgan fingerprint density at radius 1 is 1.16 bits per heavy atom. The molecule has 1 unspecified atom stereocenters. The van der Waals surface area contributed by atoms with Crippen molar-refractivity contribution in [2.45, 2.75) is 26.3 Å². The quantitative estimate of drug-likeness (QED) is 0.712. The van der Waals surface area contributed by atoms with Gasteiger partial charge in [-0.2, -0.15) is 5.10 Å². The van der Waals surface area contributed by atoms with Crippen LogP contribution in [0.4, 0.5) is 10.1 Å². The molecule has 1 amide bonds. The van der Waals surface area contributed by atoms with Crippen molar-refractivity contribution < 1.29 is 9.18 Å². The fourth-order valence-electron chi connectivity index (χ4n) is 3.47. The molecular weight excluding hydrogens is 317 g/mol. The summed E-state index contributed by atoms with van der Waals surface area (Å²) in [5.41, 5.74) is 4.19. The topological polar surface area (TPSA) is 38.1 Å². The van der Waals surface area contributed by atoms with Gasteiger partial charge in [0, 0.05) is 11.7 Å². The first kappa shape index (κ1) is 15.6. The lowest BCUT2D eigenvalue weighted by atomic mass is 10.1. The third-order valence-electron chi connectivity index (χ3n) is 4.74. The van der Waals surface area contributed by atoms with E-state index < -0.39 is 0 Å². The molecule has 0 saturated heterocycles. The largest absolute Gasteiger partial charge is 0.305 e. The first-order valence-electron chi connectivity index (χ1n) is 8.28. The van der Waals surface area contributed by atoms with Gasteiger partial charge < -0.3 is 4.90 Å². The molecular formula is C20H18FN3O. The Morgan fingerprint density at radius 2 is 1.88 bits per heavy atom. The van der Waals surface area contributed by atoms with Gasteiger partial charge in [0.25, 0.3) is 5.91 Å². The highest BCUT2D eigenvalue weighted by atomic mass is 19.1. The zero-order valence-corrected chi connectivity index (χ0v) is 14.1. The zero-order valence-electron chi connectivity index (χ0n) is 14.1. The molecule has 1 aliphatic heterocycles.